The second kappa shape index (κ2) is 7.23. The quantitative estimate of drug-likeness (QED) is 0.712. The molecule has 0 saturated heterocycles. The van der Waals surface area contributed by atoms with Crippen molar-refractivity contribution >= 4 is 32.7 Å². The van der Waals surface area contributed by atoms with Gasteiger partial charge in [-0.2, -0.15) is 0 Å². The SMILES string of the molecule is CCn1cc(C(=O)NC(C)c2cccc(Br)c2)c(=O)c2ccccc21. The maximum absolute atomic E-state index is 12.7. The number of rotatable bonds is 4. The van der Waals surface area contributed by atoms with Crippen molar-refractivity contribution in [1.82, 2.24) is 9.88 Å². The van der Waals surface area contributed by atoms with Crippen LogP contribution in [0.1, 0.15) is 35.8 Å². The fourth-order valence-electron chi connectivity index (χ4n) is 2.90. The zero-order chi connectivity index (χ0) is 18.0. The predicted molar refractivity (Wildman–Crippen MR) is 104 cm³/mol. The number of aromatic nitrogens is 1. The first-order chi connectivity index (χ1) is 12.0. The maximum Gasteiger partial charge on any atom is 0.257 e. The smallest absolute Gasteiger partial charge is 0.257 e. The van der Waals surface area contributed by atoms with E-state index in [0.29, 0.717) is 11.9 Å². The Hall–Kier alpha value is -2.40. The second-order valence-electron chi connectivity index (χ2n) is 5.93. The molecule has 128 valence electrons. The van der Waals surface area contributed by atoms with Crippen molar-refractivity contribution in [2.75, 3.05) is 0 Å². The topological polar surface area (TPSA) is 51.1 Å². The third kappa shape index (κ3) is 3.51. The van der Waals surface area contributed by atoms with E-state index in [1.807, 2.05) is 60.9 Å². The third-order valence-electron chi connectivity index (χ3n) is 4.27. The number of halogens is 1. The molecule has 25 heavy (non-hydrogen) atoms. The third-order valence-corrected chi connectivity index (χ3v) is 4.76. The van der Waals surface area contributed by atoms with Gasteiger partial charge in [0.05, 0.1) is 11.6 Å². The van der Waals surface area contributed by atoms with E-state index in [4.69, 9.17) is 0 Å². The summed E-state index contributed by atoms with van der Waals surface area (Å²) >= 11 is 3.43. The van der Waals surface area contributed by atoms with Crippen LogP contribution in [0.25, 0.3) is 10.9 Å². The lowest BCUT2D eigenvalue weighted by Crippen LogP contribution is -2.31. The normalized spacial score (nSPS) is 12.1. The number of nitrogens with zero attached hydrogens (tertiary/aromatic N) is 1. The highest BCUT2D eigenvalue weighted by atomic mass is 79.9. The minimum Gasteiger partial charge on any atom is -0.347 e. The number of pyridine rings is 1. The molecule has 3 rings (SSSR count). The standard InChI is InChI=1S/C20H19BrN2O2/c1-3-23-12-17(19(24)16-9-4-5-10-18(16)23)20(25)22-13(2)14-7-6-8-15(21)11-14/h4-13H,3H2,1-2H3,(H,22,25). The highest BCUT2D eigenvalue weighted by molar-refractivity contribution is 9.10. The lowest BCUT2D eigenvalue weighted by Gasteiger charge is -2.16. The van der Waals surface area contributed by atoms with Crippen LogP contribution >= 0.6 is 15.9 Å². The molecule has 1 aromatic heterocycles. The van der Waals surface area contributed by atoms with E-state index in [2.05, 4.69) is 21.2 Å². The molecule has 0 fully saturated rings. The molecule has 0 spiro atoms. The number of benzene rings is 2. The van der Waals surface area contributed by atoms with Gasteiger partial charge in [0, 0.05) is 22.6 Å². The highest BCUT2D eigenvalue weighted by Crippen LogP contribution is 2.18. The molecule has 3 aromatic rings. The van der Waals surface area contributed by atoms with Gasteiger partial charge < -0.3 is 9.88 Å². The van der Waals surface area contributed by atoms with Crippen molar-refractivity contribution in [3.8, 4) is 0 Å². The lowest BCUT2D eigenvalue weighted by atomic mass is 10.1. The molecule has 0 aliphatic carbocycles. The summed E-state index contributed by atoms with van der Waals surface area (Å²) in [5.74, 6) is -0.356. The Labute approximate surface area is 154 Å². The molecular weight excluding hydrogens is 380 g/mol. The first-order valence-corrected chi connectivity index (χ1v) is 8.99. The lowest BCUT2D eigenvalue weighted by molar-refractivity contribution is 0.0938. The van der Waals surface area contributed by atoms with Gasteiger partial charge in [0.1, 0.15) is 5.56 Å². The minimum atomic E-state index is -0.356. The average molecular weight is 399 g/mol. The molecule has 0 saturated carbocycles. The molecule has 0 radical (unpaired) electrons. The summed E-state index contributed by atoms with van der Waals surface area (Å²) < 4.78 is 2.88. The molecular formula is C20H19BrN2O2. The summed E-state index contributed by atoms with van der Waals surface area (Å²) in [5, 5.41) is 3.49. The molecule has 0 aliphatic heterocycles. The number of carbonyl (C=O) groups excluding carboxylic acids is 1. The summed E-state index contributed by atoms with van der Waals surface area (Å²) in [5.41, 5.74) is 1.74. The van der Waals surface area contributed by atoms with Gasteiger partial charge in [-0.3, -0.25) is 9.59 Å². The fraction of sp³-hybridized carbons (Fsp3) is 0.200. The highest BCUT2D eigenvalue weighted by Gasteiger charge is 2.17. The summed E-state index contributed by atoms with van der Waals surface area (Å²) in [6.07, 6.45) is 1.65. The minimum absolute atomic E-state index is 0.169. The van der Waals surface area contributed by atoms with E-state index in [0.717, 1.165) is 15.6 Å². The van der Waals surface area contributed by atoms with Crippen LogP contribution < -0.4 is 10.7 Å². The predicted octanol–water partition coefficient (Wildman–Crippen LogP) is 4.27. The Morgan fingerprint density at radius 1 is 1.20 bits per heavy atom. The van der Waals surface area contributed by atoms with E-state index < -0.39 is 0 Å². The van der Waals surface area contributed by atoms with Crippen molar-refractivity contribution in [3.63, 3.8) is 0 Å². The van der Waals surface area contributed by atoms with Gasteiger partial charge in [-0.05, 0) is 43.7 Å². The summed E-state index contributed by atoms with van der Waals surface area (Å²) in [4.78, 5) is 25.4. The number of amides is 1. The number of hydrogen-bond acceptors (Lipinski definition) is 2. The number of aryl methyl sites for hydroxylation is 1. The van der Waals surface area contributed by atoms with E-state index >= 15 is 0 Å². The first-order valence-electron chi connectivity index (χ1n) is 8.19. The van der Waals surface area contributed by atoms with Crippen LogP contribution in [0.4, 0.5) is 0 Å². The van der Waals surface area contributed by atoms with E-state index in [1.54, 1.807) is 12.3 Å². The van der Waals surface area contributed by atoms with Crippen LogP contribution in [0.5, 0.6) is 0 Å². The molecule has 0 bridgehead atoms. The number of nitrogens with one attached hydrogen (secondary N) is 1. The van der Waals surface area contributed by atoms with Crippen LogP contribution in [0.15, 0.2) is 64.0 Å². The van der Waals surface area contributed by atoms with Crippen LogP contribution in [0.2, 0.25) is 0 Å². The maximum atomic E-state index is 12.7. The first kappa shape index (κ1) is 17.4. The molecule has 1 unspecified atom stereocenters. The Bertz CT molecular complexity index is 994. The molecule has 1 amide bonds. The van der Waals surface area contributed by atoms with Gasteiger partial charge in [0.25, 0.3) is 5.91 Å². The molecule has 1 atom stereocenters. The van der Waals surface area contributed by atoms with Crippen molar-refractivity contribution < 1.29 is 4.79 Å². The Kier molecular flexibility index (Phi) is 5.04. The zero-order valence-corrected chi connectivity index (χ0v) is 15.7. The Balaban J connectivity index is 1.97. The van der Waals surface area contributed by atoms with Gasteiger partial charge in [-0.25, -0.2) is 0 Å². The number of carbonyl (C=O) groups is 1. The van der Waals surface area contributed by atoms with E-state index in [9.17, 15) is 9.59 Å². The molecule has 1 heterocycles. The Morgan fingerprint density at radius 2 is 1.96 bits per heavy atom. The van der Waals surface area contributed by atoms with Crippen molar-refractivity contribution in [1.29, 1.82) is 0 Å². The molecule has 4 nitrogen and oxygen atoms in total. The molecule has 5 heteroatoms. The van der Waals surface area contributed by atoms with E-state index in [1.165, 1.54) is 0 Å². The summed E-state index contributed by atoms with van der Waals surface area (Å²) in [6.45, 7) is 4.57. The summed E-state index contributed by atoms with van der Waals surface area (Å²) in [6, 6.07) is 14.9. The molecule has 0 aliphatic rings. The van der Waals surface area contributed by atoms with Crippen LogP contribution in [-0.4, -0.2) is 10.5 Å². The van der Waals surface area contributed by atoms with Crippen molar-refractivity contribution in [3.05, 3.63) is 80.6 Å². The molecule has 2 aromatic carbocycles. The van der Waals surface area contributed by atoms with E-state index in [-0.39, 0.29) is 22.9 Å². The van der Waals surface area contributed by atoms with Gasteiger partial charge in [-0.15, -0.1) is 0 Å². The van der Waals surface area contributed by atoms with Gasteiger partial charge >= 0.3 is 0 Å². The zero-order valence-electron chi connectivity index (χ0n) is 14.1. The average Bonchev–Trinajstić information content (AvgIpc) is 2.62. The fourth-order valence-corrected chi connectivity index (χ4v) is 3.32. The van der Waals surface area contributed by atoms with Gasteiger partial charge in [0.2, 0.25) is 5.43 Å². The number of para-hydroxylation sites is 1. The van der Waals surface area contributed by atoms with Crippen LogP contribution in [0.3, 0.4) is 0 Å². The Morgan fingerprint density at radius 3 is 2.68 bits per heavy atom. The van der Waals surface area contributed by atoms with Crippen LogP contribution in [0, 0.1) is 0 Å². The van der Waals surface area contributed by atoms with Gasteiger partial charge in [0.15, 0.2) is 0 Å². The summed E-state index contributed by atoms with van der Waals surface area (Å²) in [7, 11) is 0. The van der Waals surface area contributed by atoms with Crippen molar-refractivity contribution in [2.45, 2.75) is 26.4 Å². The van der Waals surface area contributed by atoms with Crippen molar-refractivity contribution in [2.24, 2.45) is 0 Å². The monoisotopic (exact) mass is 398 g/mol. The number of hydrogen-bond donors (Lipinski definition) is 1. The number of fused-ring (bicyclic) bond motifs is 1. The van der Waals surface area contributed by atoms with Gasteiger partial charge in [-0.1, -0.05) is 40.2 Å². The largest absolute Gasteiger partial charge is 0.347 e. The van der Waals surface area contributed by atoms with Crippen LogP contribution in [-0.2, 0) is 6.54 Å². The second-order valence-corrected chi connectivity index (χ2v) is 6.84. The molecule has 1 N–H and O–H groups in total.